The molecule has 0 aliphatic carbocycles. The van der Waals surface area contributed by atoms with Crippen LogP contribution in [0.3, 0.4) is 0 Å². The number of hydrogen-bond donors (Lipinski definition) is 4. The molecule has 5 N–H and O–H groups in total. The average Bonchev–Trinajstić information content (AvgIpc) is 3.06. The number of anilines is 1. The van der Waals surface area contributed by atoms with E-state index in [-0.39, 0.29) is 29.5 Å². The lowest BCUT2D eigenvalue weighted by Crippen LogP contribution is -2.21. The third kappa shape index (κ3) is 4.71. The fourth-order valence-corrected chi connectivity index (χ4v) is 5.49. The number of fused-ring (bicyclic) bond motifs is 1. The molecule has 0 bridgehead atoms. The third-order valence-electron chi connectivity index (χ3n) is 4.49. The topological polar surface area (TPSA) is 175 Å². The van der Waals surface area contributed by atoms with Crippen LogP contribution in [-0.2, 0) is 29.9 Å². The second-order valence-electron chi connectivity index (χ2n) is 6.32. The summed E-state index contributed by atoms with van der Waals surface area (Å²) in [6.45, 7) is -0.904. The Bertz CT molecular complexity index is 987. The normalized spacial score (nSPS) is 27.9. The second-order valence-corrected chi connectivity index (χ2v) is 10.9. The lowest BCUT2D eigenvalue weighted by atomic mass is 9.93. The number of halogens is 1. The molecule has 1 fully saturated rings. The highest BCUT2D eigenvalue weighted by atomic mass is 35.5. The first-order chi connectivity index (χ1) is 12.9. The molecule has 0 saturated carbocycles. The van der Waals surface area contributed by atoms with Gasteiger partial charge in [-0.1, -0.05) is 13.8 Å². The van der Waals surface area contributed by atoms with Crippen LogP contribution in [0.2, 0.25) is 5.28 Å². The molecule has 2 aromatic heterocycles. The zero-order valence-corrected chi connectivity index (χ0v) is 18.0. The first-order valence-electron chi connectivity index (χ1n) is 7.93. The zero-order valence-electron chi connectivity index (χ0n) is 14.6. The van der Waals surface area contributed by atoms with E-state index in [4.69, 9.17) is 36.4 Å². The summed E-state index contributed by atoms with van der Waals surface area (Å²) in [7, 11) is -4.75. The molecule has 0 amide bonds. The molecule has 1 aliphatic heterocycles. The molecule has 5 atom stereocenters. The number of nitrogens with zero attached hydrogens (tertiary/aromatic N) is 4. The van der Waals surface area contributed by atoms with E-state index in [0.717, 1.165) is 0 Å². The van der Waals surface area contributed by atoms with E-state index in [1.807, 2.05) is 13.8 Å². The standard InChI is InChI=1S/C12H18ClN5O7P2S/c1-5-6(2)11(18-4-15-8-9(14)16-12(13)17-10(8)18)24-7(5)3-23-26(19,20)25-27(21,22)28/h4-7,11H,3H2,1-2H3,(H,19,20)(H2,14,16,17)(H2,21,22,28)/t5-,6?,7+,11+/m0/s1. The molecule has 0 spiro atoms. The van der Waals surface area contributed by atoms with Gasteiger partial charge in [0.25, 0.3) is 0 Å². The van der Waals surface area contributed by atoms with Gasteiger partial charge in [0.2, 0.25) is 5.28 Å². The van der Waals surface area contributed by atoms with Crippen molar-refractivity contribution in [1.29, 1.82) is 0 Å². The largest absolute Gasteiger partial charge is 0.479 e. The Balaban J connectivity index is 1.78. The van der Waals surface area contributed by atoms with Gasteiger partial charge in [0.15, 0.2) is 11.5 Å². The van der Waals surface area contributed by atoms with Crippen LogP contribution < -0.4 is 5.73 Å². The van der Waals surface area contributed by atoms with Crippen LogP contribution in [0.5, 0.6) is 0 Å². The summed E-state index contributed by atoms with van der Waals surface area (Å²) in [6, 6.07) is 0. The van der Waals surface area contributed by atoms with E-state index in [2.05, 4.69) is 31.1 Å². The molecule has 16 heteroatoms. The fourth-order valence-electron chi connectivity index (χ4n) is 2.96. The summed E-state index contributed by atoms with van der Waals surface area (Å²) >= 11 is 10.1. The number of aromatic nitrogens is 4. The highest BCUT2D eigenvalue weighted by Gasteiger charge is 2.42. The summed E-state index contributed by atoms with van der Waals surface area (Å²) < 4.78 is 28.3. The van der Waals surface area contributed by atoms with E-state index in [0.29, 0.717) is 11.2 Å². The summed E-state index contributed by atoms with van der Waals surface area (Å²) in [5.41, 5.74) is 6.57. The minimum absolute atomic E-state index is 0.0348. The van der Waals surface area contributed by atoms with E-state index in [1.54, 1.807) is 4.57 Å². The van der Waals surface area contributed by atoms with Crippen LogP contribution in [0.15, 0.2) is 6.33 Å². The van der Waals surface area contributed by atoms with Gasteiger partial charge in [0, 0.05) is 5.92 Å². The highest BCUT2D eigenvalue weighted by molar-refractivity contribution is 8.08. The predicted molar refractivity (Wildman–Crippen MR) is 103 cm³/mol. The molecule has 1 saturated heterocycles. The number of hydrogen-bond acceptors (Lipinski definition) is 9. The summed E-state index contributed by atoms with van der Waals surface area (Å²) in [4.78, 5) is 39.8. The van der Waals surface area contributed by atoms with Gasteiger partial charge in [-0.15, -0.1) is 0 Å². The quantitative estimate of drug-likeness (QED) is 0.352. The van der Waals surface area contributed by atoms with Gasteiger partial charge in [-0.3, -0.25) is 9.09 Å². The maximum absolute atomic E-state index is 11.8. The summed E-state index contributed by atoms with van der Waals surface area (Å²) in [6.07, 6.45) is 0.363. The van der Waals surface area contributed by atoms with Gasteiger partial charge >= 0.3 is 14.5 Å². The Morgan fingerprint density at radius 3 is 2.68 bits per heavy atom. The fraction of sp³-hybridized carbons (Fsp3) is 0.583. The smallest absolute Gasteiger partial charge is 0.382 e. The lowest BCUT2D eigenvalue weighted by Gasteiger charge is -2.19. The molecule has 3 rings (SSSR count). The average molecular weight is 474 g/mol. The van der Waals surface area contributed by atoms with E-state index in [9.17, 15) is 9.46 Å². The molecule has 0 radical (unpaired) electrons. The van der Waals surface area contributed by atoms with Gasteiger partial charge in [-0.2, -0.15) is 9.97 Å². The van der Waals surface area contributed by atoms with E-state index in [1.165, 1.54) is 6.33 Å². The van der Waals surface area contributed by atoms with Crippen molar-refractivity contribution in [3.63, 3.8) is 0 Å². The Kier molecular flexibility index (Phi) is 6.15. The second kappa shape index (κ2) is 7.84. The van der Waals surface area contributed by atoms with Gasteiger partial charge in [-0.25, -0.2) is 13.9 Å². The van der Waals surface area contributed by atoms with Crippen LogP contribution in [-0.4, -0.2) is 46.9 Å². The van der Waals surface area contributed by atoms with Crippen molar-refractivity contribution < 1.29 is 32.8 Å². The lowest BCUT2D eigenvalue weighted by molar-refractivity contribution is -0.0329. The van der Waals surface area contributed by atoms with Crippen LogP contribution in [0, 0.1) is 11.8 Å². The minimum atomic E-state index is -4.75. The minimum Gasteiger partial charge on any atom is -0.382 e. The maximum Gasteiger partial charge on any atom is 0.479 e. The monoisotopic (exact) mass is 473 g/mol. The number of nitrogens with two attached hydrogens (primary N) is 1. The van der Waals surface area contributed by atoms with Crippen molar-refractivity contribution in [3.05, 3.63) is 11.6 Å². The predicted octanol–water partition coefficient (Wildman–Crippen LogP) is 1.57. The van der Waals surface area contributed by atoms with Gasteiger partial charge < -0.3 is 25.2 Å². The van der Waals surface area contributed by atoms with E-state index < -0.39 is 26.9 Å². The van der Waals surface area contributed by atoms with Crippen molar-refractivity contribution in [3.8, 4) is 0 Å². The molecule has 0 aromatic carbocycles. The Morgan fingerprint density at radius 1 is 1.36 bits per heavy atom. The van der Waals surface area contributed by atoms with Crippen molar-refractivity contribution >= 4 is 54.9 Å². The van der Waals surface area contributed by atoms with E-state index >= 15 is 0 Å². The van der Waals surface area contributed by atoms with Crippen molar-refractivity contribution in [2.45, 2.75) is 26.2 Å². The zero-order chi connectivity index (χ0) is 20.9. The SMILES string of the molecule is CC1[C@H](n2cnc3c(N)nc(Cl)nc32)O[C@H](COP(=O)(O)OP(O)(O)=S)[C@H]1C. The Hall–Kier alpha value is -0.720. The molecule has 28 heavy (non-hydrogen) atoms. The Labute approximate surface area is 169 Å². The van der Waals surface area contributed by atoms with Crippen molar-refractivity contribution in [2.75, 3.05) is 12.3 Å². The summed E-state index contributed by atoms with van der Waals surface area (Å²) in [5, 5.41) is -0.0348. The number of phosphoric ester groups is 1. The number of ether oxygens (including phenoxy) is 1. The number of imidazole rings is 1. The van der Waals surface area contributed by atoms with Gasteiger partial charge in [-0.05, 0) is 29.3 Å². The highest BCUT2D eigenvalue weighted by Crippen LogP contribution is 2.58. The number of phosphoric acid groups is 1. The van der Waals surface area contributed by atoms with Crippen LogP contribution in [0.1, 0.15) is 20.1 Å². The molecule has 3 heterocycles. The van der Waals surface area contributed by atoms with Crippen molar-refractivity contribution in [1.82, 2.24) is 19.5 Å². The maximum atomic E-state index is 11.8. The van der Waals surface area contributed by atoms with Crippen LogP contribution in [0.4, 0.5) is 5.82 Å². The first-order valence-corrected chi connectivity index (χ1v) is 12.4. The molecule has 2 unspecified atom stereocenters. The number of nitrogen functional groups attached to an aromatic ring is 1. The Morgan fingerprint density at radius 2 is 2.04 bits per heavy atom. The van der Waals surface area contributed by atoms with Crippen LogP contribution in [0.25, 0.3) is 11.2 Å². The molecule has 1 aliphatic rings. The number of rotatable bonds is 6. The van der Waals surface area contributed by atoms with Gasteiger partial charge in [0.05, 0.1) is 19.0 Å². The van der Waals surface area contributed by atoms with Crippen LogP contribution >= 0.6 is 26.1 Å². The molecule has 2 aromatic rings. The van der Waals surface area contributed by atoms with Crippen molar-refractivity contribution in [2.24, 2.45) is 11.8 Å². The molecular weight excluding hydrogens is 456 g/mol. The molecular formula is C12H18ClN5O7P2S. The van der Waals surface area contributed by atoms with Gasteiger partial charge in [0.1, 0.15) is 11.7 Å². The summed E-state index contributed by atoms with van der Waals surface area (Å²) in [5.74, 6) is -0.0426. The first kappa shape index (κ1) is 22.0. The molecule has 156 valence electrons. The third-order valence-corrected chi connectivity index (χ3v) is 7.41. The molecule has 12 nitrogen and oxygen atoms in total.